The van der Waals surface area contributed by atoms with E-state index in [1.54, 1.807) is 30.3 Å². The molecule has 3 aromatic carbocycles. The second kappa shape index (κ2) is 8.11. The van der Waals surface area contributed by atoms with Crippen molar-refractivity contribution in [1.29, 1.82) is 0 Å². The molecule has 7 heteroatoms. The highest BCUT2D eigenvalue weighted by atomic mass is 35.5. The van der Waals surface area contributed by atoms with Crippen LogP contribution in [-0.2, 0) is 0 Å². The predicted octanol–water partition coefficient (Wildman–Crippen LogP) is 6.66. The van der Waals surface area contributed by atoms with Crippen molar-refractivity contribution in [1.82, 2.24) is 4.98 Å². The molecule has 1 aromatic heterocycles. The van der Waals surface area contributed by atoms with E-state index in [1.165, 1.54) is 17.4 Å². The normalized spacial score (nSPS) is 10.7. The Morgan fingerprint density at radius 3 is 2.34 bits per heavy atom. The number of benzene rings is 3. The fourth-order valence-electron chi connectivity index (χ4n) is 2.80. The molecule has 0 bridgehead atoms. The maximum absolute atomic E-state index is 13.8. The number of aromatic nitrogens is 1. The third-order valence-corrected chi connectivity index (χ3v) is 5.34. The van der Waals surface area contributed by atoms with Crippen molar-refractivity contribution in [2.75, 3.05) is 5.32 Å². The first-order valence-electron chi connectivity index (χ1n) is 8.58. The van der Waals surface area contributed by atoms with Gasteiger partial charge in [0.1, 0.15) is 22.2 Å². The quantitative estimate of drug-likeness (QED) is 0.396. The number of amides is 1. The molecule has 0 saturated heterocycles. The Hall–Kier alpha value is -3.09. The number of thiazole rings is 1. The van der Waals surface area contributed by atoms with E-state index < -0.39 is 23.1 Å². The van der Waals surface area contributed by atoms with Crippen molar-refractivity contribution >= 4 is 34.5 Å². The first-order valence-corrected chi connectivity index (χ1v) is 9.84. The number of nitrogens with zero attached hydrogens (tertiary/aromatic N) is 1. The molecular formula is C22H13ClF2N2OS. The van der Waals surface area contributed by atoms with Gasteiger partial charge < -0.3 is 5.32 Å². The Balaban J connectivity index is 1.58. The second-order valence-electron chi connectivity index (χ2n) is 6.18. The number of carbonyl (C=O) groups is 1. The van der Waals surface area contributed by atoms with Gasteiger partial charge in [0.2, 0.25) is 0 Å². The molecule has 0 aliphatic heterocycles. The summed E-state index contributed by atoms with van der Waals surface area (Å²) in [6, 6.07) is 17.6. The molecule has 1 N–H and O–H groups in total. The van der Waals surface area contributed by atoms with Crippen LogP contribution in [0.5, 0.6) is 0 Å². The summed E-state index contributed by atoms with van der Waals surface area (Å²) < 4.78 is 27.6. The zero-order chi connectivity index (χ0) is 20.4. The molecule has 0 spiro atoms. The summed E-state index contributed by atoms with van der Waals surface area (Å²) in [6.45, 7) is 0. The lowest BCUT2D eigenvalue weighted by atomic mass is 10.1. The molecule has 4 rings (SSSR count). The molecule has 4 aromatic rings. The number of nitrogens with one attached hydrogen (secondary N) is 1. The minimum atomic E-state index is -0.911. The van der Waals surface area contributed by atoms with E-state index in [9.17, 15) is 13.6 Å². The summed E-state index contributed by atoms with van der Waals surface area (Å²) in [5, 5.41) is 5.93. The van der Waals surface area contributed by atoms with E-state index in [0.717, 1.165) is 34.0 Å². The van der Waals surface area contributed by atoms with Gasteiger partial charge >= 0.3 is 0 Å². The number of hydrogen-bond donors (Lipinski definition) is 1. The molecule has 0 unspecified atom stereocenters. The average Bonchev–Trinajstić information content (AvgIpc) is 3.19. The van der Waals surface area contributed by atoms with Gasteiger partial charge in [-0.1, -0.05) is 41.9 Å². The summed E-state index contributed by atoms with van der Waals surface area (Å²) >= 11 is 7.41. The van der Waals surface area contributed by atoms with Gasteiger partial charge in [-0.05, 0) is 36.4 Å². The summed E-state index contributed by atoms with van der Waals surface area (Å²) in [6.07, 6.45) is 0. The monoisotopic (exact) mass is 426 g/mol. The standard InChI is InChI=1S/C22H13ClF2N2OS/c23-15-9-7-13(8-10-15)22-27-19(12-29-22)14-3-1-4-16(11-14)26-21(28)20-17(24)5-2-6-18(20)25/h1-12H,(H,26,28). The van der Waals surface area contributed by atoms with E-state index in [2.05, 4.69) is 10.3 Å². The van der Waals surface area contributed by atoms with E-state index in [4.69, 9.17) is 11.6 Å². The Kier molecular flexibility index (Phi) is 5.38. The molecule has 29 heavy (non-hydrogen) atoms. The van der Waals surface area contributed by atoms with Gasteiger partial charge in [-0.25, -0.2) is 13.8 Å². The minimum absolute atomic E-state index is 0.413. The van der Waals surface area contributed by atoms with Crippen molar-refractivity contribution in [3.05, 3.63) is 94.3 Å². The summed E-state index contributed by atoms with van der Waals surface area (Å²) in [7, 11) is 0. The zero-order valence-corrected chi connectivity index (χ0v) is 16.4. The topological polar surface area (TPSA) is 42.0 Å². The van der Waals surface area contributed by atoms with Gasteiger partial charge in [0.25, 0.3) is 5.91 Å². The lowest BCUT2D eigenvalue weighted by molar-refractivity contribution is 0.101. The van der Waals surface area contributed by atoms with Crippen molar-refractivity contribution in [3.63, 3.8) is 0 Å². The van der Waals surface area contributed by atoms with E-state index >= 15 is 0 Å². The first kappa shape index (κ1) is 19.2. The van der Waals surface area contributed by atoms with Crippen LogP contribution in [-0.4, -0.2) is 10.9 Å². The van der Waals surface area contributed by atoms with Crippen LogP contribution in [0.4, 0.5) is 14.5 Å². The van der Waals surface area contributed by atoms with Gasteiger partial charge in [-0.15, -0.1) is 11.3 Å². The second-order valence-corrected chi connectivity index (χ2v) is 7.47. The molecule has 0 fully saturated rings. The Morgan fingerprint density at radius 1 is 0.931 bits per heavy atom. The minimum Gasteiger partial charge on any atom is -0.322 e. The molecule has 144 valence electrons. The van der Waals surface area contributed by atoms with Gasteiger partial charge in [-0.3, -0.25) is 4.79 Å². The summed E-state index contributed by atoms with van der Waals surface area (Å²) in [4.78, 5) is 16.9. The maximum atomic E-state index is 13.8. The van der Waals surface area contributed by atoms with Gasteiger partial charge in [0.15, 0.2) is 0 Å². The molecule has 0 aliphatic rings. The molecule has 0 atom stereocenters. The van der Waals surface area contributed by atoms with Crippen molar-refractivity contribution in [3.8, 4) is 21.8 Å². The summed E-state index contributed by atoms with van der Waals surface area (Å²) in [5.41, 5.74) is 2.25. The largest absolute Gasteiger partial charge is 0.322 e. The Labute approximate surface area is 174 Å². The smallest absolute Gasteiger partial charge is 0.261 e. The van der Waals surface area contributed by atoms with Crippen molar-refractivity contribution in [2.24, 2.45) is 0 Å². The third-order valence-electron chi connectivity index (χ3n) is 4.20. The number of rotatable bonds is 4. The van der Waals surface area contributed by atoms with E-state index in [0.29, 0.717) is 10.7 Å². The van der Waals surface area contributed by atoms with Crippen LogP contribution in [0.15, 0.2) is 72.1 Å². The van der Waals surface area contributed by atoms with Gasteiger partial charge in [0.05, 0.1) is 5.69 Å². The number of halogens is 3. The van der Waals surface area contributed by atoms with Crippen LogP contribution in [0.1, 0.15) is 10.4 Å². The first-order chi connectivity index (χ1) is 14.0. The van der Waals surface area contributed by atoms with Crippen LogP contribution in [0, 0.1) is 11.6 Å². The van der Waals surface area contributed by atoms with Crippen LogP contribution in [0.25, 0.3) is 21.8 Å². The fraction of sp³-hybridized carbons (Fsp3) is 0. The van der Waals surface area contributed by atoms with Gasteiger partial charge in [0, 0.05) is 27.2 Å². The molecule has 1 heterocycles. The fourth-order valence-corrected chi connectivity index (χ4v) is 3.76. The van der Waals surface area contributed by atoms with Crippen LogP contribution >= 0.6 is 22.9 Å². The van der Waals surface area contributed by atoms with E-state index in [-0.39, 0.29) is 0 Å². The zero-order valence-electron chi connectivity index (χ0n) is 14.8. The summed E-state index contributed by atoms with van der Waals surface area (Å²) in [5.74, 6) is -2.67. The molecule has 0 aliphatic carbocycles. The molecular weight excluding hydrogens is 414 g/mol. The lowest BCUT2D eigenvalue weighted by Gasteiger charge is -2.08. The molecule has 0 radical (unpaired) electrons. The Bertz CT molecular complexity index is 1170. The lowest BCUT2D eigenvalue weighted by Crippen LogP contribution is -2.15. The molecule has 3 nitrogen and oxygen atoms in total. The van der Waals surface area contributed by atoms with Crippen LogP contribution in [0.2, 0.25) is 5.02 Å². The highest BCUT2D eigenvalue weighted by Gasteiger charge is 2.17. The van der Waals surface area contributed by atoms with Gasteiger partial charge in [-0.2, -0.15) is 0 Å². The Morgan fingerprint density at radius 2 is 1.62 bits per heavy atom. The predicted molar refractivity (Wildman–Crippen MR) is 112 cm³/mol. The van der Waals surface area contributed by atoms with Crippen LogP contribution < -0.4 is 5.32 Å². The van der Waals surface area contributed by atoms with Crippen LogP contribution in [0.3, 0.4) is 0 Å². The SMILES string of the molecule is O=C(Nc1cccc(-c2csc(-c3ccc(Cl)cc3)n2)c1)c1c(F)cccc1F. The van der Waals surface area contributed by atoms with Crippen molar-refractivity contribution < 1.29 is 13.6 Å². The number of anilines is 1. The average molecular weight is 427 g/mol. The van der Waals surface area contributed by atoms with Crippen molar-refractivity contribution in [2.45, 2.75) is 0 Å². The number of hydrogen-bond acceptors (Lipinski definition) is 3. The van der Waals surface area contributed by atoms with E-state index in [1.807, 2.05) is 23.6 Å². The maximum Gasteiger partial charge on any atom is 0.261 e. The molecule has 1 amide bonds. The number of carbonyl (C=O) groups excluding carboxylic acids is 1. The molecule has 0 saturated carbocycles. The third kappa shape index (κ3) is 4.18. The highest BCUT2D eigenvalue weighted by molar-refractivity contribution is 7.13. The highest BCUT2D eigenvalue weighted by Crippen LogP contribution is 2.30.